The van der Waals surface area contributed by atoms with Gasteiger partial charge in [0, 0.05) is 25.3 Å². The maximum Gasteiger partial charge on any atom is 0.272 e. The number of amides is 1. The number of hydrogen-bond donors (Lipinski definition) is 1. The molecular weight excluding hydrogens is 364 g/mol. The van der Waals surface area contributed by atoms with Crippen molar-refractivity contribution in [3.8, 4) is 5.75 Å². The minimum atomic E-state index is -0.150. The van der Waals surface area contributed by atoms with Gasteiger partial charge in [-0.2, -0.15) is 0 Å². The molecule has 1 amide bonds. The Bertz CT molecular complexity index is 956. The van der Waals surface area contributed by atoms with Gasteiger partial charge < -0.3 is 15.0 Å². The van der Waals surface area contributed by atoms with Crippen LogP contribution < -0.4 is 10.1 Å². The van der Waals surface area contributed by atoms with E-state index < -0.39 is 0 Å². The maximum absolute atomic E-state index is 12.8. The predicted molar refractivity (Wildman–Crippen MR) is 114 cm³/mol. The van der Waals surface area contributed by atoms with Gasteiger partial charge in [-0.1, -0.05) is 30.3 Å². The Morgan fingerprint density at radius 1 is 1.07 bits per heavy atom. The second kappa shape index (κ2) is 9.19. The van der Waals surface area contributed by atoms with Crippen LogP contribution in [0.4, 0.5) is 11.5 Å². The number of ether oxygens (including phenoxy) is 1. The summed E-state index contributed by atoms with van der Waals surface area (Å²) >= 11 is 0. The Labute approximate surface area is 171 Å². The number of aryl methyl sites for hydroxylation is 1. The largest absolute Gasteiger partial charge is 0.491 e. The van der Waals surface area contributed by atoms with E-state index in [1.807, 2.05) is 68.4 Å². The Morgan fingerprint density at radius 3 is 2.41 bits per heavy atom. The van der Waals surface area contributed by atoms with Crippen molar-refractivity contribution < 1.29 is 9.53 Å². The molecule has 3 rings (SSSR count). The number of nitrogens with zero attached hydrogens (tertiary/aromatic N) is 3. The maximum atomic E-state index is 12.8. The third kappa shape index (κ3) is 5.78. The van der Waals surface area contributed by atoms with Crippen molar-refractivity contribution in [2.24, 2.45) is 0 Å². The van der Waals surface area contributed by atoms with Gasteiger partial charge >= 0.3 is 0 Å². The SMILES string of the molecule is Cc1nc(Nc2ccc(OC(C)C)cc2)cc(C(=O)N(C)Cc2ccccc2)n1. The van der Waals surface area contributed by atoms with Gasteiger partial charge in [-0.3, -0.25) is 4.79 Å². The van der Waals surface area contributed by atoms with Crippen molar-refractivity contribution in [2.75, 3.05) is 12.4 Å². The van der Waals surface area contributed by atoms with Crippen LogP contribution in [-0.2, 0) is 6.54 Å². The lowest BCUT2D eigenvalue weighted by molar-refractivity contribution is 0.0779. The second-order valence-corrected chi connectivity index (χ2v) is 7.15. The molecule has 0 unspecified atom stereocenters. The number of rotatable bonds is 7. The topological polar surface area (TPSA) is 67.4 Å². The molecule has 150 valence electrons. The molecule has 1 aromatic heterocycles. The molecule has 0 spiro atoms. The van der Waals surface area contributed by atoms with Gasteiger partial charge in [-0.25, -0.2) is 9.97 Å². The Hall–Kier alpha value is -3.41. The van der Waals surface area contributed by atoms with E-state index in [-0.39, 0.29) is 12.0 Å². The zero-order chi connectivity index (χ0) is 20.8. The molecule has 0 atom stereocenters. The second-order valence-electron chi connectivity index (χ2n) is 7.15. The van der Waals surface area contributed by atoms with E-state index in [2.05, 4.69) is 15.3 Å². The fourth-order valence-electron chi connectivity index (χ4n) is 2.90. The van der Waals surface area contributed by atoms with Gasteiger partial charge in [0.05, 0.1) is 6.10 Å². The highest BCUT2D eigenvalue weighted by atomic mass is 16.5. The van der Waals surface area contributed by atoms with Crippen molar-refractivity contribution in [1.29, 1.82) is 0 Å². The van der Waals surface area contributed by atoms with Crippen molar-refractivity contribution in [2.45, 2.75) is 33.4 Å². The number of hydrogen-bond acceptors (Lipinski definition) is 5. The number of aromatic nitrogens is 2. The number of anilines is 2. The minimum absolute atomic E-state index is 0.125. The molecule has 0 bridgehead atoms. The first kappa shape index (κ1) is 20.3. The summed E-state index contributed by atoms with van der Waals surface area (Å²) in [5, 5.41) is 3.23. The van der Waals surface area contributed by atoms with Crippen LogP contribution in [-0.4, -0.2) is 33.9 Å². The zero-order valence-corrected chi connectivity index (χ0v) is 17.2. The Kier molecular flexibility index (Phi) is 6.44. The first-order chi connectivity index (χ1) is 13.9. The summed E-state index contributed by atoms with van der Waals surface area (Å²) in [6.07, 6.45) is 0.125. The first-order valence-electron chi connectivity index (χ1n) is 9.59. The Balaban J connectivity index is 1.72. The van der Waals surface area contributed by atoms with Crippen LogP contribution in [0.2, 0.25) is 0 Å². The lowest BCUT2D eigenvalue weighted by Crippen LogP contribution is -2.27. The summed E-state index contributed by atoms with van der Waals surface area (Å²) in [6, 6.07) is 19.2. The van der Waals surface area contributed by atoms with E-state index in [0.717, 1.165) is 17.0 Å². The summed E-state index contributed by atoms with van der Waals surface area (Å²) < 4.78 is 5.66. The average molecular weight is 390 g/mol. The molecule has 2 aromatic carbocycles. The van der Waals surface area contributed by atoms with E-state index in [1.165, 1.54) is 0 Å². The molecule has 0 saturated carbocycles. The number of carbonyl (C=O) groups is 1. The smallest absolute Gasteiger partial charge is 0.272 e. The molecule has 0 aliphatic rings. The number of carbonyl (C=O) groups excluding carboxylic acids is 1. The van der Waals surface area contributed by atoms with Crippen LogP contribution in [0.5, 0.6) is 5.75 Å². The summed E-state index contributed by atoms with van der Waals surface area (Å²) in [4.78, 5) is 23.2. The van der Waals surface area contributed by atoms with Crippen LogP contribution in [0.3, 0.4) is 0 Å². The van der Waals surface area contributed by atoms with E-state index in [9.17, 15) is 4.79 Å². The van der Waals surface area contributed by atoms with Crippen LogP contribution in [0.25, 0.3) is 0 Å². The first-order valence-corrected chi connectivity index (χ1v) is 9.59. The minimum Gasteiger partial charge on any atom is -0.491 e. The molecule has 1 heterocycles. The standard InChI is InChI=1S/C23H26N4O2/c1-16(2)29-20-12-10-19(11-13-20)26-22-14-21(24-17(3)25-22)23(28)27(4)15-18-8-6-5-7-9-18/h5-14,16H,15H2,1-4H3,(H,24,25,26). The quantitative estimate of drug-likeness (QED) is 0.639. The van der Waals surface area contributed by atoms with Crippen LogP contribution in [0.1, 0.15) is 35.7 Å². The molecule has 0 aliphatic heterocycles. The van der Waals surface area contributed by atoms with Crippen molar-refractivity contribution in [3.05, 3.63) is 77.7 Å². The number of benzene rings is 2. The summed E-state index contributed by atoms with van der Waals surface area (Å²) in [5.74, 6) is 1.77. The lowest BCUT2D eigenvalue weighted by atomic mass is 10.2. The van der Waals surface area contributed by atoms with Crippen LogP contribution >= 0.6 is 0 Å². The fourth-order valence-corrected chi connectivity index (χ4v) is 2.90. The average Bonchev–Trinajstić information content (AvgIpc) is 2.69. The third-order valence-electron chi connectivity index (χ3n) is 4.16. The molecule has 6 nitrogen and oxygen atoms in total. The van der Waals surface area contributed by atoms with Gasteiger partial charge in [0.15, 0.2) is 0 Å². The molecule has 29 heavy (non-hydrogen) atoms. The zero-order valence-electron chi connectivity index (χ0n) is 17.2. The highest BCUT2D eigenvalue weighted by Gasteiger charge is 2.16. The van der Waals surface area contributed by atoms with Crippen LogP contribution in [0.15, 0.2) is 60.7 Å². The molecule has 0 saturated heterocycles. The van der Waals surface area contributed by atoms with Crippen LogP contribution in [0, 0.1) is 6.92 Å². The van der Waals surface area contributed by atoms with Gasteiger partial charge in [-0.15, -0.1) is 0 Å². The van der Waals surface area contributed by atoms with Gasteiger partial charge in [-0.05, 0) is 50.6 Å². The molecular formula is C23H26N4O2. The monoisotopic (exact) mass is 390 g/mol. The van der Waals surface area contributed by atoms with Crippen molar-refractivity contribution in [1.82, 2.24) is 14.9 Å². The van der Waals surface area contributed by atoms with Gasteiger partial charge in [0.25, 0.3) is 5.91 Å². The molecule has 0 radical (unpaired) electrons. The molecule has 0 fully saturated rings. The van der Waals surface area contributed by atoms with E-state index >= 15 is 0 Å². The third-order valence-corrected chi connectivity index (χ3v) is 4.16. The predicted octanol–water partition coefficient (Wildman–Crippen LogP) is 4.59. The highest BCUT2D eigenvalue weighted by molar-refractivity contribution is 5.93. The summed E-state index contributed by atoms with van der Waals surface area (Å²) in [7, 11) is 1.77. The number of nitrogens with one attached hydrogen (secondary N) is 1. The van der Waals surface area contributed by atoms with E-state index in [4.69, 9.17) is 4.74 Å². The molecule has 0 aliphatic carbocycles. The summed E-state index contributed by atoms with van der Waals surface area (Å²) in [5.41, 5.74) is 2.28. The molecule has 3 aromatic rings. The van der Waals surface area contributed by atoms with Gasteiger partial charge in [0.2, 0.25) is 0 Å². The molecule has 1 N–H and O–H groups in total. The summed E-state index contributed by atoms with van der Waals surface area (Å²) in [6.45, 7) is 6.27. The lowest BCUT2D eigenvalue weighted by Gasteiger charge is -2.17. The normalized spacial score (nSPS) is 10.7. The van der Waals surface area contributed by atoms with E-state index in [1.54, 1.807) is 24.9 Å². The highest BCUT2D eigenvalue weighted by Crippen LogP contribution is 2.20. The molecule has 6 heteroatoms. The van der Waals surface area contributed by atoms with E-state index in [0.29, 0.717) is 23.9 Å². The van der Waals surface area contributed by atoms with Crippen molar-refractivity contribution >= 4 is 17.4 Å². The van der Waals surface area contributed by atoms with Crippen molar-refractivity contribution in [3.63, 3.8) is 0 Å². The van der Waals surface area contributed by atoms with Gasteiger partial charge in [0.1, 0.15) is 23.1 Å². The fraction of sp³-hybridized carbons (Fsp3) is 0.261. The Morgan fingerprint density at radius 2 is 1.76 bits per heavy atom.